The predicted octanol–water partition coefficient (Wildman–Crippen LogP) is 5.28. The van der Waals surface area contributed by atoms with E-state index in [0.717, 1.165) is 22.3 Å². The Bertz CT molecular complexity index is 1150. The smallest absolute Gasteiger partial charge is 0.250 e. The van der Waals surface area contributed by atoms with Crippen LogP contribution in [0, 0.1) is 12.7 Å². The average Bonchev–Trinajstić information content (AvgIpc) is 3.22. The van der Waals surface area contributed by atoms with Gasteiger partial charge < -0.3 is 5.32 Å². The van der Waals surface area contributed by atoms with Crippen molar-refractivity contribution in [1.82, 2.24) is 14.8 Å². The van der Waals surface area contributed by atoms with Gasteiger partial charge in [0.15, 0.2) is 5.82 Å². The van der Waals surface area contributed by atoms with Gasteiger partial charge in [-0.25, -0.2) is 4.39 Å². The molecule has 0 aliphatic heterocycles. The SMILES string of the molecule is Cc1ccc(-c2nc(NCc3ccc(F)cc3)n(C(=O)CCc3ccccc3)n2)cc1. The number of carbonyl (C=O) groups is 1. The van der Waals surface area contributed by atoms with Crippen LogP contribution in [0.25, 0.3) is 11.4 Å². The Morgan fingerprint density at radius 1 is 0.935 bits per heavy atom. The molecule has 1 aromatic heterocycles. The number of hydrogen-bond donors (Lipinski definition) is 1. The van der Waals surface area contributed by atoms with Gasteiger partial charge in [-0.15, -0.1) is 5.10 Å². The second-order valence-corrected chi connectivity index (χ2v) is 7.40. The Hall–Kier alpha value is -3.80. The molecule has 0 bridgehead atoms. The third-order valence-electron chi connectivity index (χ3n) is 4.99. The highest BCUT2D eigenvalue weighted by Crippen LogP contribution is 2.20. The van der Waals surface area contributed by atoms with E-state index in [1.165, 1.54) is 16.8 Å². The number of aryl methyl sites for hydroxylation is 2. The molecule has 156 valence electrons. The van der Waals surface area contributed by atoms with Crippen LogP contribution in [0.2, 0.25) is 0 Å². The van der Waals surface area contributed by atoms with Gasteiger partial charge in [-0.1, -0.05) is 72.3 Å². The molecule has 31 heavy (non-hydrogen) atoms. The molecule has 0 amide bonds. The molecule has 0 saturated carbocycles. The van der Waals surface area contributed by atoms with E-state index in [-0.39, 0.29) is 11.7 Å². The van der Waals surface area contributed by atoms with E-state index in [0.29, 0.717) is 31.2 Å². The Balaban J connectivity index is 1.56. The summed E-state index contributed by atoms with van der Waals surface area (Å²) in [6.07, 6.45) is 0.933. The first kappa shape index (κ1) is 20.5. The second kappa shape index (κ2) is 9.34. The Morgan fingerprint density at radius 3 is 2.35 bits per heavy atom. The molecule has 0 unspecified atom stereocenters. The molecule has 1 heterocycles. The van der Waals surface area contributed by atoms with E-state index in [4.69, 9.17) is 0 Å². The van der Waals surface area contributed by atoms with Crippen LogP contribution in [0.1, 0.15) is 27.9 Å². The van der Waals surface area contributed by atoms with Crippen molar-refractivity contribution in [3.63, 3.8) is 0 Å². The number of nitrogens with zero attached hydrogens (tertiary/aromatic N) is 3. The highest BCUT2D eigenvalue weighted by molar-refractivity contribution is 5.81. The number of aromatic nitrogens is 3. The maximum absolute atomic E-state index is 13.2. The van der Waals surface area contributed by atoms with Gasteiger partial charge in [-0.3, -0.25) is 4.79 Å². The van der Waals surface area contributed by atoms with Crippen molar-refractivity contribution in [2.75, 3.05) is 5.32 Å². The van der Waals surface area contributed by atoms with E-state index in [2.05, 4.69) is 15.4 Å². The standard InChI is InChI=1S/C25H23FN4O/c1-18-7-12-21(13-8-18)24-28-25(27-17-20-9-14-22(26)15-10-20)30(29-24)23(31)16-11-19-5-3-2-4-6-19/h2-10,12-15H,11,16-17H2,1H3,(H,27,28,29). The molecule has 4 rings (SSSR count). The summed E-state index contributed by atoms with van der Waals surface area (Å²) in [5.74, 6) is 0.425. The van der Waals surface area contributed by atoms with E-state index < -0.39 is 0 Å². The molecule has 0 aliphatic carbocycles. The number of anilines is 1. The van der Waals surface area contributed by atoms with Gasteiger partial charge in [0.05, 0.1) is 0 Å². The minimum atomic E-state index is -0.287. The molecule has 0 spiro atoms. The lowest BCUT2D eigenvalue weighted by atomic mass is 10.1. The zero-order chi connectivity index (χ0) is 21.6. The summed E-state index contributed by atoms with van der Waals surface area (Å²) in [5, 5.41) is 7.66. The molecule has 0 atom stereocenters. The fourth-order valence-electron chi connectivity index (χ4n) is 3.21. The van der Waals surface area contributed by atoms with Gasteiger partial charge in [0.2, 0.25) is 11.9 Å². The predicted molar refractivity (Wildman–Crippen MR) is 119 cm³/mol. The Morgan fingerprint density at radius 2 is 1.65 bits per heavy atom. The van der Waals surface area contributed by atoms with Crippen molar-refractivity contribution >= 4 is 11.9 Å². The highest BCUT2D eigenvalue weighted by atomic mass is 19.1. The number of benzene rings is 3. The number of halogens is 1. The van der Waals surface area contributed by atoms with E-state index in [1.54, 1.807) is 12.1 Å². The summed E-state index contributed by atoms with van der Waals surface area (Å²) in [6.45, 7) is 2.41. The van der Waals surface area contributed by atoms with Crippen LogP contribution in [0.15, 0.2) is 78.9 Å². The Labute approximate surface area is 180 Å². The van der Waals surface area contributed by atoms with E-state index in [1.807, 2.05) is 61.5 Å². The third-order valence-corrected chi connectivity index (χ3v) is 4.99. The number of carbonyl (C=O) groups excluding carboxylic acids is 1. The first-order valence-electron chi connectivity index (χ1n) is 10.2. The van der Waals surface area contributed by atoms with Crippen molar-refractivity contribution < 1.29 is 9.18 Å². The lowest BCUT2D eigenvalue weighted by Gasteiger charge is -2.07. The van der Waals surface area contributed by atoms with Crippen LogP contribution < -0.4 is 5.32 Å². The quantitative estimate of drug-likeness (QED) is 0.447. The molecule has 0 fully saturated rings. The van der Waals surface area contributed by atoms with Gasteiger partial charge in [0.25, 0.3) is 0 Å². The van der Waals surface area contributed by atoms with Crippen molar-refractivity contribution in [2.24, 2.45) is 0 Å². The highest BCUT2D eigenvalue weighted by Gasteiger charge is 2.17. The summed E-state index contributed by atoms with van der Waals surface area (Å²) in [4.78, 5) is 17.5. The maximum atomic E-state index is 13.2. The minimum absolute atomic E-state index is 0.142. The Kier molecular flexibility index (Phi) is 6.17. The van der Waals surface area contributed by atoms with Crippen molar-refractivity contribution in [2.45, 2.75) is 26.3 Å². The summed E-state index contributed by atoms with van der Waals surface area (Å²) < 4.78 is 14.5. The monoisotopic (exact) mass is 414 g/mol. The molecule has 0 radical (unpaired) electrons. The fraction of sp³-hybridized carbons (Fsp3) is 0.160. The maximum Gasteiger partial charge on any atom is 0.250 e. The summed E-state index contributed by atoms with van der Waals surface area (Å²) in [5.41, 5.74) is 3.95. The molecule has 5 nitrogen and oxygen atoms in total. The lowest BCUT2D eigenvalue weighted by molar-refractivity contribution is 0.0890. The van der Waals surface area contributed by atoms with Crippen molar-refractivity contribution in [1.29, 1.82) is 0 Å². The van der Waals surface area contributed by atoms with Gasteiger partial charge in [0, 0.05) is 18.5 Å². The first-order chi connectivity index (χ1) is 15.1. The molecule has 6 heteroatoms. The first-order valence-corrected chi connectivity index (χ1v) is 10.2. The zero-order valence-electron chi connectivity index (χ0n) is 17.3. The van der Waals surface area contributed by atoms with Crippen LogP contribution in [0.3, 0.4) is 0 Å². The molecular weight excluding hydrogens is 391 g/mol. The summed E-state index contributed by atoms with van der Waals surface area (Å²) >= 11 is 0. The van der Waals surface area contributed by atoms with E-state index >= 15 is 0 Å². The van der Waals surface area contributed by atoms with E-state index in [9.17, 15) is 9.18 Å². The number of hydrogen-bond acceptors (Lipinski definition) is 4. The number of rotatable bonds is 7. The molecule has 0 aliphatic rings. The van der Waals surface area contributed by atoms with Gasteiger partial charge >= 0.3 is 0 Å². The largest absolute Gasteiger partial charge is 0.350 e. The fourth-order valence-corrected chi connectivity index (χ4v) is 3.21. The zero-order valence-corrected chi connectivity index (χ0v) is 17.3. The lowest BCUT2D eigenvalue weighted by Crippen LogP contribution is -2.17. The second-order valence-electron chi connectivity index (χ2n) is 7.40. The van der Waals surface area contributed by atoms with Crippen LogP contribution in [0.5, 0.6) is 0 Å². The molecule has 4 aromatic rings. The van der Waals surface area contributed by atoms with Gasteiger partial charge in [-0.05, 0) is 36.6 Å². The molecule has 3 aromatic carbocycles. The van der Waals surface area contributed by atoms with Crippen molar-refractivity contribution in [3.8, 4) is 11.4 Å². The van der Waals surface area contributed by atoms with Gasteiger partial charge in [-0.2, -0.15) is 9.67 Å². The van der Waals surface area contributed by atoms with Crippen LogP contribution in [-0.4, -0.2) is 20.7 Å². The molecular formula is C25H23FN4O. The summed E-state index contributed by atoms with van der Waals surface area (Å²) in [6, 6.07) is 23.9. The average molecular weight is 414 g/mol. The molecule has 1 N–H and O–H groups in total. The van der Waals surface area contributed by atoms with Gasteiger partial charge in [0.1, 0.15) is 5.82 Å². The van der Waals surface area contributed by atoms with Crippen LogP contribution in [0.4, 0.5) is 10.3 Å². The summed E-state index contributed by atoms with van der Waals surface area (Å²) in [7, 11) is 0. The van der Waals surface area contributed by atoms with Crippen LogP contribution in [-0.2, 0) is 13.0 Å². The van der Waals surface area contributed by atoms with Crippen molar-refractivity contribution in [3.05, 3.63) is 101 Å². The normalized spacial score (nSPS) is 10.8. The van der Waals surface area contributed by atoms with Crippen LogP contribution >= 0.6 is 0 Å². The topological polar surface area (TPSA) is 59.8 Å². The molecule has 0 saturated heterocycles. The third kappa shape index (κ3) is 5.22. The number of nitrogens with one attached hydrogen (secondary N) is 1. The minimum Gasteiger partial charge on any atom is -0.350 e.